The molecule has 0 saturated carbocycles. The molecule has 6 rings (SSSR count). The minimum atomic E-state index is -0.162. The van der Waals surface area contributed by atoms with Gasteiger partial charge in [0.2, 0.25) is 0 Å². The van der Waals surface area contributed by atoms with Gasteiger partial charge in [-0.2, -0.15) is 0 Å². The molecule has 1 unspecified atom stereocenters. The van der Waals surface area contributed by atoms with Gasteiger partial charge in [-0.3, -0.25) is 14.5 Å². The Hall–Kier alpha value is -3.10. The fourth-order valence-electron chi connectivity index (χ4n) is 6.21. The Balaban J connectivity index is 1.44. The number of hydrogen-bond acceptors (Lipinski definition) is 6. The molecule has 196 valence electrons. The van der Waals surface area contributed by atoms with E-state index in [0.717, 1.165) is 78.4 Å². The van der Waals surface area contributed by atoms with Crippen molar-refractivity contribution in [3.05, 3.63) is 62.3 Å². The molecule has 1 aromatic carbocycles. The highest BCUT2D eigenvalue weighted by atomic mass is 16.5. The summed E-state index contributed by atoms with van der Waals surface area (Å²) in [6.45, 7) is 7.65. The smallest absolute Gasteiger partial charge is 0.253 e. The van der Waals surface area contributed by atoms with Gasteiger partial charge in [-0.1, -0.05) is 0 Å². The van der Waals surface area contributed by atoms with E-state index in [2.05, 4.69) is 39.6 Å². The second-order valence-electron chi connectivity index (χ2n) is 10.9. The van der Waals surface area contributed by atoms with Crippen LogP contribution >= 0.6 is 0 Å². The minimum absolute atomic E-state index is 0.128. The van der Waals surface area contributed by atoms with Crippen molar-refractivity contribution in [1.29, 1.82) is 0 Å². The van der Waals surface area contributed by atoms with E-state index in [9.17, 15) is 9.59 Å². The third-order valence-electron chi connectivity index (χ3n) is 8.27. The Labute approximate surface area is 216 Å². The first-order valence-corrected chi connectivity index (χ1v) is 13.6. The van der Waals surface area contributed by atoms with Gasteiger partial charge in [-0.15, -0.1) is 0 Å². The number of amides is 1. The molecule has 0 spiro atoms. The summed E-state index contributed by atoms with van der Waals surface area (Å²) in [7, 11) is 0. The fraction of sp³-hybridized carbons (Fsp3) is 0.517. The average molecular weight is 505 g/mol. The van der Waals surface area contributed by atoms with E-state index >= 15 is 0 Å². The van der Waals surface area contributed by atoms with Crippen LogP contribution in [-0.4, -0.2) is 47.6 Å². The van der Waals surface area contributed by atoms with E-state index in [1.165, 1.54) is 12.8 Å². The lowest BCUT2D eigenvalue weighted by atomic mass is 9.93. The van der Waals surface area contributed by atoms with Gasteiger partial charge in [0.15, 0.2) is 0 Å². The SMILES string of the molecule is Cc1cc2c(c(=O)[nH]1)CNC(=O)c1c(c(NC3CCOCC3)cc3oc(CN4CCCC4C)cc13)CC2. The van der Waals surface area contributed by atoms with Crippen LogP contribution in [0.3, 0.4) is 0 Å². The third-order valence-corrected chi connectivity index (χ3v) is 8.27. The van der Waals surface area contributed by atoms with Crippen LogP contribution in [0.1, 0.15) is 71.1 Å². The second-order valence-corrected chi connectivity index (χ2v) is 10.9. The van der Waals surface area contributed by atoms with Gasteiger partial charge in [0.05, 0.1) is 12.1 Å². The summed E-state index contributed by atoms with van der Waals surface area (Å²) in [6, 6.07) is 6.98. The quantitative estimate of drug-likeness (QED) is 0.496. The zero-order valence-electron chi connectivity index (χ0n) is 21.7. The van der Waals surface area contributed by atoms with E-state index in [4.69, 9.17) is 9.15 Å². The van der Waals surface area contributed by atoms with Gasteiger partial charge >= 0.3 is 0 Å². The third kappa shape index (κ3) is 4.80. The number of anilines is 1. The maximum absolute atomic E-state index is 13.7. The first kappa shape index (κ1) is 24.2. The van der Waals surface area contributed by atoms with Gasteiger partial charge in [0.25, 0.3) is 11.5 Å². The molecular formula is C29H36N4O4. The van der Waals surface area contributed by atoms with Gasteiger partial charge in [0.1, 0.15) is 11.3 Å². The first-order chi connectivity index (χ1) is 18.0. The number of nitrogens with one attached hydrogen (secondary N) is 3. The summed E-state index contributed by atoms with van der Waals surface area (Å²) in [4.78, 5) is 31.8. The van der Waals surface area contributed by atoms with Gasteiger partial charge < -0.3 is 24.8 Å². The Morgan fingerprint density at radius 3 is 2.70 bits per heavy atom. The summed E-state index contributed by atoms with van der Waals surface area (Å²) in [5.41, 5.74) is 5.67. The molecule has 3 aromatic rings. The van der Waals surface area contributed by atoms with E-state index in [-0.39, 0.29) is 24.1 Å². The summed E-state index contributed by atoms with van der Waals surface area (Å²) in [6.07, 6.45) is 5.60. The normalized spacial score (nSPS) is 21.1. The van der Waals surface area contributed by atoms with Crippen molar-refractivity contribution >= 4 is 22.6 Å². The maximum Gasteiger partial charge on any atom is 0.253 e. The molecule has 3 aliphatic rings. The summed E-state index contributed by atoms with van der Waals surface area (Å²) < 4.78 is 11.9. The molecule has 2 fully saturated rings. The number of aromatic amines is 1. The van der Waals surface area contributed by atoms with Crippen LogP contribution in [0.4, 0.5) is 5.69 Å². The number of pyridine rings is 1. The predicted molar refractivity (Wildman–Crippen MR) is 143 cm³/mol. The van der Waals surface area contributed by atoms with E-state index in [1.807, 2.05) is 13.0 Å². The first-order valence-electron chi connectivity index (χ1n) is 13.6. The number of H-pyrrole nitrogens is 1. The van der Waals surface area contributed by atoms with Crippen molar-refractivity contribution in [3.8, 4) is 0 Å². The fourth-order valence-corrected chi connectivity index (χ4v) is 6.21. The molecule has 1 atom stereocenters. The molecule has 2 saturated heterocycles. The van der Waals surface area contributed by atoms with Gasteiger partial charge in [-0.25, -0.2) is 0 Å². The van der Waals surface area contributed by atoms with E-state index in [0.29, 0.717) is 30.0 Å². The molecule has 0 aliphatic carbocycles. The van der Waals surface area contributed by atoms with Crippen LogP contribution in [0.5, 0.6) is 0 Å². The zero-order valence-corrected chi connectivity index (χ0v) is 21.7. The largest absolute Gasteiger partial charge is 0.460 e. The van der Waals surface area contributed by atoms with Crippen molar-refractivity contribution in [1.82, 2.24) is 15.2 Å². The Kier molecular flexibility index (Phi) is 6.55. The standard InChI is InChI=1S/C29H36N4O4/c1-17-12-19-5-6-22-25(32-20-7-10-36-11-8-20)14-26-23(13-21(37-26)16-33-9-3-4-18(33)2)27(22)29(35)30-15-24(19)28(34)31-17/h12-14,18,20,32H,3-11,15-16H2,1-2H3,(H,30,35)(H,31,34). The van der Waals surface area contributed by atoms with Crippen LogP contribution in [0.2, 0.25) is 0 Å². The van der Waals surface area contributed by atoms with Crippen LogP contribution in [0.25, 0.3) is 11.0 Å². The highest BCUT2D eigenvalue weighted by Gasteiger charge is 2.27. The molecule has 37 heavy (non-hydrogen) atoms. The number of nitrogens with zero attached hydrogens (tertiary/aromatic N) is 1. The molecule has 8 nitrogen and oxygen atoms in total. The molecule has 8 heteroatoms. The number of carbonyl (C=O) groups is 1. The molecule has 0 radical (unpaired) electrons. The summed E-state index contributed by atoms with van der Waals surface area (Å²) in [5, 5.41) is 7.63. The molecule has 3 N–H and O–H groups in total. The van der Waals surface area contributed by atoms with Crippen molar-refractivity contribution in [2.45, 2.75) is 77.5 Å². The number of ether oxygens (including phenoxy) is 1. The van der Waals surface area contributed by atoms with E-state index < -0.39 is 0 Å². The number of furan rings is 1. The second kappa shape index (κ2) is 9.99. The van der Waals surface area contributed by atoms with Gasteiger partial charge in [0, 0.05) is 60.2 Å². The number of carbonyl (C=O) groups excluding carboxylic acids is 1. The molecule has 5 heterocycles. The predicted octanol–water partition coefficient (Wildman–Crippen LogP) is 4.03. The lowest BCUT2D eigenvalue weighted by molar-refractivity contribution is 0.0903. The number of hydrogen-bond donors (Lipinski definition) is 3. The highest BCUT2D eigenvalue weighted by Crippen LogP contribution is 2.35. The lowest BCUT2D eigenvalue weighted by Gasteiger charge is -2.26. The maximum atomic E-state index is 13.7. The summed E-state index contributed by atoms with van der Waals surface area (Å²) in [5.74, 6) is 0.725. The van der Waals surface area contributed by atoms with Crippen LogP contribution < -0.4 is 16.2 Å². The van der Waals surface area contributed by atoms with Crippen molar-refractivity contribution in [2.75, 3.05) is 25.1 Å². The molecule has 0 bridgehead atoms. The Morgan fingerprint density at radius 2 is 1.92 bits per heavy atom. The van der Waals surface area contributed by atoms with Crippen molar-refractivity contribution in [3.63, 3.8) is 0 Å². The minimum Gasteiger partial charge on any atom is -0.460 e. The van der Waals surface area contributed by atoms with Crippen molar-refractivity contribution in [2.24, 2.45) is 0 Å². The zero-order chi connectivity index (χ0) is 25.5. The molecule has 1 amide bonds. The van der Waals surface area contributed by atoms with Gasteiger partial charge in [-0.05, 0) is 82.2 Å². The lowest BCUT2D eigenvalue weighted by Crippen LogP contribution is -2.30. The van der Waals surface area contributed by atoms with Crippen LogP contribution in [-0.2, 0) is 30.7 Å². The number of fused-ring (bicyclic) bond motifs is 4. The number of aryl methyl sites for hydroxylation is 2. The average Bonchev–Trinajstić information content (AvgIpc) is 3.48. The number of benzene rings is 1. The molecule has 3 aliphatic heterocycles. The number of rotatable bonds is 4. The van der Waals surface area contributed by atoms with Crippen molar-refractivity contribution < 1.29 is 13.9 Å². The Morgan fingerprint density at radius 1 is 1.08 bits per heavy atom. The molecule has 2 aromatic heterocycles. The monoisotopic (exact) mass is 504 g/mol. The Bertz CT molecular complexity index is 1380. The van der Waals surface area contributed by atoms with Crippen LogP contribution in [0.15, 0.2) is 27.4 Å². The topological polar surface area (TPSA) is 99.6 Å². The summed E-state index contributed by atoms with van der Waals surface area (Å²) >= 11 is 0. The van der Waals surface area contributed by atoms with E-state index in [1.54, 1.807) is 0 Å². The number of likely N-dealkylation sites (tertiary alicyclic amines) is 1. The highest BCUT2D eigenvalue weighted by molar-refractivity contribution is 6.09. The number of aromatic nitrogens is 1. The molecular weight excluding hydrogens is 468 g/mol. The van der Waals surface area contributed by atoms with Crippen LogP contribution in [0, 0.1) is 6.92 Å².